The van der Waals surface area contributed by atoms with E-state index in [1.165, 1.54) is 4.90 Å². The number of hydrogen-bond acceptors (Lipinski definition) is 2. The molecule has 0 aliphatic rings. The monoisotopic (exact) mass is 276 g/mol. The average Bonchev–Trinajstić information content (AvgIpc) is 2.31. The minimum atomic E-state index is -0.351. The lowest BCUT2D eigenvalue weighted by Gasteiger charge is -2.23. The van der Waals surface area contributed by atoms with Gasteiger partial charge in [-0.15, -0.1) is 0 Å². The van der Waals surface area contributed by atoms with E-state index in [0.717, 1.165) is 0 Å². The molecular formula is C11H14Cl2N2O2. The van der Waals surface area contributed by atoms with E-state index in [0.29, 0.717) is 15.7 Å². The van der Waals surface area contributed by atoms with E-state index in [9.17, 15) is 4.79 Å². The number of likely N-dealkylation sites (N-methyl/N-ethyl adjacent to an activating group) is 1. The highest BCUT2D eigenvalue weighted by Crippen LogP contribution is 2.25. The van der Waals surface area contributed by atoms with Gasteiger partial charge >= 0.3 is 6.03 Å². The molecule has 0 radical (unpaired) electrons. The number of anilines is 1. The number of carbonyl (C=O) groups excluding carboxylic acids is 1. The van der Waals surface area contributed by atoms with Crippen molar-refractivity contribution in [2.45, 2.75) is 13.0 Å². The Balaban J connectivity index is 2.77. The van der Waals surface area contributed by atoms with Crippen molar-refractivity contribution < 1.29 is 9.90 Å². The van der Waals surface area contributed by atoms with Crippen molar-refractivity contribution in [1.82, 2.24) is 4.90 Å². The van der Waals surface area contributed by atoms with E-state index in [1.54, 1.807) is 32.2 Å². The van der Waals surface area contributed by atoms with Crippen LogP contribution in [0.4, 0.5) is 10.5 Å². The number of carbonyl (C=O) groups is 1. The molecule has 6 heteroatoms. The summed E-state index contributed by atoms with van der Waals surface area (Å²) in [5.41, 5.74) is 0.446. The fourth-order valence-electron chi connectivity index (χ4n) is 1.12. The Kier molecular flexibility index (Phi) is 5.05. The summed E-state index contributed by atoms with van der Waals surface area (Å²) in [6, 6.07) is 4.19. The van der Waals surface area contributed by atoms with Crippen molar-refractivity contribution in [2.75, 3.05) is 19.0 Å². The third-order valence-electron chi connectivity index (χ3n) is 2.42. The van der Waals surface area contributed by atoms with Crippen LogP contribution in [-0.2, 0) is 0 Å². The van der Waals surface area contributed by atoms with Crippen molar-refractivity contribution in [3.05, 3.63) is 28.2 Å². The minimum Gasteiger partial charge on any atom is -0.394 e. The highest BCUT2D eigenvalue weighted by molar-refractivity contribution is 6.35. The van der Waals surface area contributed by atoms with Crippen molar-refractivity contribution in [1.29, 1.82) is 0 Å². The van der Waals surface area contributed by atoms with Gasteiger partial charge in [0, 0.05) is 12.1 Å². The molecule has 0 aromatic heterocycles. The van der Waals surface area contributed by atoms with Gasteiger partial charge < -0.3 is 15.3 Å². The van der Waals surface area contributed by atoms with Gasteiger partial charge in [-0.05, 0) is 25.1 Å². The second-order valence-corrected chi connectivity index (χ2v) is 4.54. The third kappa shape index (κ3) is 3.77. The summed E-state index contributed by atoms with van der Waals surface area (Å²) in [6.07, 6.45) is 0. The van der Waals surface area contributed by atoms with Gasteiger partial charge in [0.1, 0.15) is 0 Å². The summed E-state index contributed by atoms with van der Waals surface area (Å²) in [6.45, 7) is 1.63. The minimum absolute atomic E-state index is 0.104. The number of urea groups is 1. The average molecular weight is 277 g/mol. The Labute approximate surface area is 110 Å². The molecule has 1 atom stereocenters. The zero-order valence-electron chi connectivity index (χ0n) is 9.58. The van der Waals surface area contributed by atoms with Crippen LogP contribution in [0, 0.1) is 0 Å². The highest BCUT2D eigenvalue weighted by Gasteiger charge is 2.15. The molecule has 0 aliphatic carbocycles. The van der Waals surface area contributed by atoms with E-state index in [2.05, 4.69) is 5.32 Å². The standard InChI is InChI=1S/C11H14Cl2N2O2/c1-7(6-16)15(2)11(17)14-10-5-8(12)3-4-9(10)13/h3-5,7,16H,6H2,1-2H3,(H,14,17). The van der Waals surface area contributed by atoms with Gasteiger partial charge in [-0.2, -0.15) is 0 Å². The predicted octanol–water partition coefficient (Wildman–Crippen LogP) is 2.84. The van der Waals surface area contributed by atoms with E-state index < -0.39 is 0 Å². The van der Waals surface area contributed by atoms with Gasteiger partial charge in [0.25, 0.3) is 0 Å². The molecule has 2 amide bonds. The first kappa shape index (κ1) is 14.1. The number of amides is 2. The number of halogens is 2. The van der Waals surface area contributed by atoms with Crippen LogP contribution in [0.25, 0.3) is 0 Å². The molecule has 1 aromatic carbocycles. The normalized spacial score (nSPS) is 12.1. The van der Waals surface area contributed by atoms with Crippen molar-refractivity contribution >= 4 is 34.9 Å². The summed E-state index contributed by atoms with van der Waals surface area (Å²) in [5, 5.41) is 12.5. The topological polar surface area (TPSA) is 52.6 Å². The van der Waals surface area contributed by atoms with Crippen molar-refractivity contribution in [3.63, 3.8) is 0 Å². The highest BCUT2D eigenvalue weighted by atomic mass is 35.5. The number of hydrogen-bond donors (Lipinski definition) is 2. The Morgan fingerprint density at radius 3 is 2.76 bits per heavy atom. The number of rotatable bonds is 3. The largest absolute Gasteiger partial charge is 0.394 e. The van der Waals surface area contributed by atoms with Crippen LogP contribution in [0.15, 0.2) is 18.2 Å². The van der Waals surface area contributed by atoms with Crippen LogP contribution in [-0.4, -0.2) is 35.7 Å². The smallest absolute Gasteiger partial charge is 0.321 e. The Morgan fingerprint density at radius 1 is 1.53 bits per heavy atom. The molecule has 0 aliphatic heterocycles. The summed E-state index contributed by atoms with van der Waals surface area (Å²) in [5.74, 6) is 0. The molecule has 0 bridgehead atoms. The predicted molar refractivity (Wildman–Crippen MR) is 69.8 cm³/mol. The number of aliphatic hydroxyl groups excluding tert-OH is 1. The lowest BCUT2D eigenvalue weighted by Crippen LogP contribution is -2.40. The van der Waals surface area contributed by atoms with Crippen LogP contribution >= 0.6 is 23.2 Å². The van der Waals surface area contributed by atoms with E-state index in [4.69, 9.17) is 28.3 Å². The summed E-state index contributed by atoms with van der Waals surface area (Å²) < 4.78 is 0. The van der Waals surface area contributed by atoms with Crippen molar-refractivity contribution in [3.8, 4) is 0 Å². The molecule has 1 aromatic rings. The maximum absolute atomic E-state index is 11.8. The van der Waals surface area contributed by atoms with E-state index in [1.807, 2.05) is 0 Å². The van der Waals surface area contributed by atoms with Gasteiger partial charge in [0.2, 0.25) is 0 Å². The maximum Gasteiger partial charge on any atom is 0.321 e. The first-order chi connectivity index (χ1) is 7.95. The Hall–Kier alpha value is -0.970. The van der Waals surface area contributed by atoms with Crippen LogP contribution in [0.1, 0.15) is 6.92 Å². The zero-order chi connectivity index (χ0) is 13.0. The van der Waals surface area contributed by atoms with Crippen LogP contribution < -0.4 is 5.32 Å². The number of nitrogens with one attached hydrogen (secondary N) is 1. The van der Waals surface area contributed by atoms with E-state index >= 15 is 0 Å². The third-order valence-corrected chi connectivity index (χ3v) is 2.98. The zero-order valence-corrected chi connectivity index (χ0v) is 11.1. The number of nitrogens with zero attached hydrogens (tertiary/aromatic N) is 1. The van der Waals surface area contributed by atoms with Crippen LogP contribution in [0.5, 0.6) is 0 Å². The molecule has 17 heavy (non-hydrogen) atoms. The van der Waals surface area contributed by atoms with Crippen LogP contribution in [0.2, 0.25) is 10.0 Å². The van der Waals surface area contributed by atoms with Gasteiger partial charge in [-0.1, -0.05) is 23.2 Å². The fourth-order valence-corrected chi connectivity index (χ4v) is 1.46. The maximum atomic E-state index is 11.8. The Morgan fingerprint density at radius 2 is 2.18 bits per heavy atom. The second-order valence-electron chi connectivity index (χ2n) is 3.70. The van der Waals surface area contributed by atoms with Gasteiger partial charge in [0.05, 0.1) is 23.4 Å². The SMILES string of the molecule is CC(CO)N(C)C(=O)Nc1cc(Cl)ccc1Cl. The molecule has 0 spiro atoms. The van der Waals surface area contributed by atoms with Gasteiger partial charge in [-0.25, -0.2) is 4.79 Å². The molecular weight excluding hydrogens is 263 g/mol. The molecule has 0 saturated carbocycles. The Bertz CT molecular complexity index is 412. The number of benzene rings is 1. The molecule has 0 saturated heterocycles. The molecule has 94 valence electrons. The molecule has 0 heterocycles. The first-order valence-electron chi connectivity index (χ1n) is 5.05. The second kappa shape index (κ2) is 6.10. The quantitative estimate of drug-likeness (QED) is 0.892. The van der Waals surface area contributed by atoms with Crippen molar-refractivity contribution in [2.24, 2.45) is 0 Å². The summed E-state index contributed by atoms with van der Waals surface area (Å²) in [7, 11) is 1.59. The fraction of sp³-hybridized carbons (Fsp3) is 0.364. The summed E-state index contributed by atoms with van der Waals surface area (Å²) in [4.78, 5) is 13.2. The lowest BCUT2D eigenvalue weighted by atomic mass is 10.3. The molecule has 1 unspecified atom stereocenters. The molecule has 0 fully saturated rings. The molecule has 1 rings (SSSR count). The van der Waals surface area contributed by atoms with Crippen LogP contribution in [0.3, 0.4) is 0 Å². The molecule has 2 N–H and O–H groups in total. The summed E-state index contributed by atoms with van der Waals surface area (Å²) >= 11 is 11.7. The van der Waals surface area contributed by atoms with E-state index in [-0.39, 0.29) is 18.7 Å². The van der Waals surface area contributed by atoms with Gasteiger partial charge in [-0.3, -0.25) is 0 Å². The first-order valence-corrected chi connectivity index (χ1v) is 5.81. The number of aliphatic hydroxyl groups is 1. The van der Waals surface area contributed by atoms with Gasteiger partial charge in [0.15, 0.2) is 0 Å². The lowest BCUT2D eigenvalue weighted by molar-refractivity contribution is 0.166. The molecule has 4 nitrogen and oxygen atoms in total.